The summed E-state index contributed by atoms with van der Waals surface area (Å²) >= 11 is 2.35. The van der Waals surface area contributed by atoms with Gasteiger partial charge in [-0.25, -0.2) is 0 Å². The number of ether oxygens (including phenoxy) is 1. The molecule has 10 aromatic rings. The Morgan fingerprint density at radius 1 is 0.653 bits per heavy atom. The number of para-hydroxylation sites is 3. The van der Waals surface area contributed by atoms with Crippen LogP contribution in [0.1, 0.15) is 78.4 Å². The maximum atomic E-state index is 9.30. The van der Waals surface area contributed by atoms with Crippen molar-refractivity contribution in [3.05, 3.63) is 209 Å². The van der Waals surface area contributed by atoms with Crippen LogP contribution in [0.5, 0.6) is 11.5 Å². The molecule has 0 N–H and O–H groups in total. The van der Waals surface area contributed by atoms with Crippen LogP contribution in [0.25, 0.3) is 67.2 Å². The minimum absolute atomic E-state index is 0.123. The molecule has 7 aromatic carbocycles. The minimum atomic E-state index is -0.440. The predicted octanol–water partition coefficient (Wildman–Crippen LogP) is 16.0. The molecule has 0 saturated carbocycles. The van der Waals surface area contributed by atoms with Crippen molar-refractivity contribution in [1.29, 1.82) is 0 Å². The van der Waals surface area contributed by atoms with E-state index in [1.54, 1.807) is 0 Å². The van der Waals surface area contributed by atoms with Gasteiger partial charge in [0.1, 0.15) is 0 Å². The van der Waals surface area contributed by atoms with Crippen LogP contribution in [-0.4, -0.2) is 30.8 Å². The number of fused-ring (bicyclic) bond motifs is 4. The van der Waals surface area contributed by atoms with Crippen LogP contribution < -0.4 is 9.55 Å². The monoisotopic (exact) mass is 1120 g/mol. The first-order valence-electron chi connectivity index (χ1n) is 27.0. The second kappa shape index (κ2) is 18.7. The van der Waals surface area contributed by atoms with Crippen LogP contribution in [0.4, 0.5) is 11.5 Å². The van der Waals surface area contributed by atoms with Crippen molar-refractivity contribution in [1.82, 2.24) is 23.8 Å². The molecule has 0 bridgehead atoms. The fourth-order valence-electron chi connectivity index (χ4n) is 9.73. The molecular formula is C63H57BN6OPt-2. The fraction of sp³-hybridized carbons (Fsp3) is 0.190. The number of aryl methyl sites for hydroxylation is 1. The zero-order chi connectivity index (χ0) is 54.2. The predicted molar refractivity (Wildman–Crippen MR) is 292 cm³/mol. The van der Waals surface area contributed by atoms with E-state index in [0.717, 1.165) is 89.4 Å². The molecule has 0 fully saturated rings. The van der Waals surface area contributed by atoms with E-state index < -0.39 is 18.1 Å². The van der Waals surface area contributed by atoms with Crippen LogP contribution >= 0.6 is 0 Å². The van der Waals surface area contributed by atoms with Crippen LogP contribution in [0.2, 0.25) is 6.32 Å². The molecular weight excluding hydrogens is 1060 g/mol. The number of imidazole rings is 1. The summed E-state index contributed by atoms with van der Waals surface area (Å²) < 4.78 is 58.7. The number of nitrogens with zero attached hydrogens (tertiary/aromatic N) is 6. The number of aromatic nitrogens is 5. The number of rotatable bonds is 10. The van der Waals surface area contributed by atoms with Crippen LogP contribution in [0, 0.1) is 22.9 Å². The Labute approximate surface area is 442 Å². The van der Waals surface area contributed by atoms with Gasteiger partial charge in [-0.3, -0.25) is 0 Å². The molecule has 7 nitrogen and oxygen atoms in total. The molecule has 0 spiro atoms. The van der Waals surface area contributed by atoms with Gasteiger partial charge in [0.2, 0.25) is 0 Å². The topological polar surface area (TPSA) is 53.0 Å². The van der Waals surface area contributed by atoms with Gasteiger partial charge in [0, 0.05) is 11.8 Å². The fourth-order valence-corrected chi connectivity index (χ4v) is 10.8. The molecule has 0 amide bonds. The second-order valence-corrected chi connectivity index (χ2v) is 21.6. The van der Waals surface area contributed by atoms with Crippen molar-refractivity contribution >= 4 is 29.5 Å². The van der Waals surface area contributed by atoms with Crippen molar-refractivity contribution in [2.24, 2.45) is 0 Å². The van der Waals surface area contributed by atoms with E-state index in [4.69, 9.17) is 18.9 Å². The Kier molecular flexibility index (Phi) is 10.8. The van der Waals surface area contributed by atoms with Crippen molar-refractivity contribution in [2.45, 2.75) is 79.0 Å². The second-order valence-electron chi connectivity index (χ2n) is 20.5. The van der Waals surface area contributed by atoms with Crippen molar-refractivity contribution in [2.75, 3.05) is 4.81 Å². The maximum absolute atomic E-state index is 9.30. The third-order valence-corrected chi connectivity index (χ3v) is 14.4. The Morgan fingerprint density at radius 3 is 2.01 bits per heavy atom. The third-order valence-electron chi connectivity index (χ3n) is 13.4. The molecule has 0 saturated heterocycles. The molecule has 1 aliphatic rings. The molecule has 0 unspecified atom stereocenters. The molecule has 0 atom stereocenters. The van der Waals surface area contributed by atoms with Crippen molar-refractivity contribution in [3.8, 4) is 67.6 Å². The summed E-state index contributed by atoms with van der Waals surface area (Å²) in [5.41, 5.74) is 13.3. The SMILES string of the molecule is [2H]c1c([2H])c([2H])c(-c2cccc(-c3cc(C(C)(C)C)cc(C(C)(C)C)c3)c2-n2[c](=[Pt])n(-c3[c-]c(Oc4[c-]c5c(cc4)-c4cc(-c6ccccc6)nn4B(CCC)N5c4cc(C)ccn4)ccc3)c3ccccc32)c([2H])c1[2H]. The summed E-state index contributed by atoms with van der Waals surface area (Å²) in [6.45, 7) is 17.4. The van der Waals surface area contributed by atoms with Gasteiger partial charge in [-0.1, -0.05) is 43.7 Å². The first kappa shape index (κ1) is 41.4. The van der Waals surface area contributed by atoms with Gasteiger partial charge in [-0.2, -0.15) is 5.10 Å². The molecule has 11 rings (SSSR count). The van der Waals surface area contributed by atoms with Gasteiger partial charge in [0.15, 0.2) is 0 Å². The van der Waals surface area contributed by atoms with Crippen molar-refractivity contribution < 1.29 is 30.9 Å². The number of hydrogen-bond donors (Lipinski definition) is 0. The van der Waals surface area contributed by atoms with Gasteiger partial charge in [0.25, 0.3) is 0 Å². The average Bonchev–Trinajstić information content (AvgIpc) is 4.23. The Hall–Kier alpha value is -7.28. The Morgan fingerprint density at radius 2 is 1.32 bits per heavy atom. The normalized spacial score (nSPS) is 13.6. The van der Waals surface area contributed by atoms with E-state index in [0.29, 0.717) is 28.4 Å². The third kappa shape index (κ3) is 8.70. The average molecular weight is 1130 g/mol. The summed E-state index contributed by atoms with van der Waals surface area (Å²) in [4.78, 5) is 7.15. The summed E-state index contributed by atoms with van der Waals surface area (Å²) in [6, 6.07) is 52.7. The molecule has 360 valence electrons. The van der Waals surface area contributed by atoms with Gasteiger partial charge in [-0.15, -0.1) is 0 Å². The Bertz CT molecular complexity index is 3960. The van der Waals surface area contributed by atoms with Crippen molar-refractivity contribution in [3.63, 3.8) is 0 Å². The summed E-state index contributed by atoms with van der Waals surface area (Å²) in [7, 11) is 0. The molecule has 0 radical (unpaired) electrons. The van der Waals surface area contributed by atoms with Gasteiger partial charge in [-0.05, 0) is 18.6 Å². The summed E-state index contributed by atoms with van der Waals surface area (Å²) in [6.07, 6.45) is 3.57. The summed E-state index contributed by atoms with van der Waals surface area (Å²) in [5.74, 6) is 1.78. The number of hydrogen-bond acceptors (Lipinski definition) is 4. The molecule has 72 heavy (non-hydrogen) atoms. The zero-order valence-corrected chi connectivity index (χ0v) is 44.0. The van der Waals surface area contributed by atoms with Crippen LogP contribution in [0.3, 0.4) is 0 Å². The van der Waals surface area contributed by atoms with E-state index in [1.807, 2.05) is 79.0 Å². The molecule has 3 aromatic heterocycles. The first-order valence-corrected chi connectivity index (χ1v) is 25.6. The van der Waals surface area contributed by atoms with Gasteiger partial charge < -0.3 is 0 Å². The van der Waals surface area contributed by atoms with E-state index in [9.17, 15) is 2.74 Å². The van der Waals surface area contributed by atoms with Crippen LogP contribution in [-0.2, 0) is 30.2 Å². The van der Waals surface area contributed by atoms with Gasteiger partial charge >= 0.3 is 359 Å². The van der Waals surface area contributed by atoms with E-state index >= 15 is 0 Å². The van der Waals surface area contributed by atoms with Crippen LogP contribution in [0.15, 0.2) is 176 Å². The van der Waals surface area contributed by atoms with E-state index in [1.165, 1.54) is 0 Å². The standard InChI is InChI=1S/C63H57BN6O.Pt/c1-9-33-64-69(60-35-43(2)32-34-65-60)58-40-51(30-31-54(58)59-41-55(66-70(59)64)45-22-14-11-15-23-45)71-50-25-18-24-49(39-50)67-42-68(57-29-17-16-28-56(57)67)61-52(44-20-12-10-13-21-44)26-19-27-53(61)46-36-47(62(3,4)5)38-48(37-46)63(6,7)8;/h10-32,34-38,41H,9,33H2,1-8H3;/q-2;/i10D,12D,13D,20D,21D;. The van der Waals surface area contributed by atoms with E-state index in [-0.39, 0.29) is 35.5 Å². The molecule has 1 aliphatic heterocycles. The molecule has 0 aliphatic carbocycles. The number of benzene rings is 7. The van der Waals surface area contributed by atoms with Gasteiger partial charge in [0.05, 0.1) is 5.69 Å². The first-order chi connectivity index (χ1) is 36.8. The Balaban J connectivity index is 1.08. The molecule has 4 heterocycles. The van der Waals surface area contributed by atoms with E-state index in [2.05, 4.69) is 172 Å². The number of pyridine rings is 1. The molecule has 9 heteroatoms. The quantitative estimate of drug-likeness (QED) is 0.101. The number of anilines is 2. The summed E-state index contributed by atoms with van der Waals surface area (Å²) in [5, 5.41) is 5.23. The zero-order valence-electron chi connectivity index (χ0n) is 46.8.